The summed E-state index contributed by atoms with van der Waals surface area (Å²) in [5.41, 5.74) is 10.6. The molecule has 0 aliphatic rings. The first-order chi connectivity index (χ1) is 25.8. The second kappa shape index (κ2) is 12.7. The summed E-state index contributed by atoms with van der Waals surface area (Å²) in [5.74, 6) is 0. The summed E-state index contributed by atoms with van der Waals surface area (Å²) in [7, 11) is 0. The Morgan fingerprint density at radius 2 is 0.885 bits per heavy atom. The number of anilines is 3. The third-order valence-electron chi connectivity index (χ3n) is 10.3. The molecule has 0 saturated heterocycles. The summed E-state index contributed by atoms with van der Waals surface area (Å²) in [4.78, 5) is 2.47. The Morgan fingerprint density at radius 1 is 0.327 bits per heavy atom. The Balaban J connectivity index is 1.30. The fourth-order valence-corrected chi connectivity index (χ4v) is 9.01. The van der Waals surface area contributed by atoms with Crippen molar-refractivity contribution in [3.63, 3.8) is 0 Å². The van der Waals surface area contributed by atoms with Gasteiger partial charge in [-0.3, -0.25) is 0 Å². The van der Waals surface area contributed by atoms with E-state index in [0.717, 1.165) is 17.1 Å². The van der Waals surface area contributed by atoms with Crippen LogP contribution in [0.3, 0.4) is 0 Å². The molecule has 1 heterocycles. The molecule has 0 N–H and O–H groups in total. The summed E-state index contributed by atoms with van der Waals surface area (Å²) in [5, 5.41) is 7.53. The topological polar surface area (TPSA) is 3.24 Å². The molecule has 0 aliphatic carbocycles. The van der Waals surface area contributed by atoms with Gasteiger partial charge in [-0.25, -0.2) is 0 Å². The van der Waals surface area contributed by atoms with E-state index in [4.69, 9.17) is 0 Å². The summed E-state index contributed by atoms with van der Waals surface area (Å²) in [6, 6.07) is 73.1. The van der Waals surface area contributed by atoms with Crippen LogP contribution in [0.15, 0.2) is 200 Å². The van der Waals surface area contributed by atoms with Crippen molar-refractivity contribution in [2.24, 2.45) is 0 Å². The predicted molar refractivity (Wildman–Crippen MR) is 225 cm³/mol. The fraction of sp³-hybridized carbons (Fsp3) is 0. The maximum absolute atomic E-state index is 2.47. The van der Waals surface area contributed by atoms with Crippen LogP contribution in [-0.4, -0.2) is 0 Å². The Labute approximate surface area is 307 Å². The molecule has 52 heavy (non-hydrogen) atoms. The van der Waals surface area contributed by atoms with Crippen LogP contribution in [0.2, 0.25) is 0 Å². The lowest BCUT2D eigenvalue weighted by Crippen LogP contribution is -2.12. The molecule has 0 unspecified atom stereocenters. The number of thiophene rings is 1. The summed E-state index contributed by atoms with van der Waals surface area (Å²) in [6.07, 6.45) is 0. The Bertz CT molecular complexity index is 2910. The van der Waals surface area contributed by atoms with Crippen molar-refractivity contribution in [2.45, 2.75) is 0 Å². The van der Waals surface area contributed by atoms with Crippen LogP contribution in [0.1, 0.15) is 0 Å². The molecule has 0 fully saturated rings. The first-order valence-electron chi connectivity index (χ1n) is 17.8. The maximum Gasteiger partial charge on any atom is 0.0546 e. The first-order valence-corrected chi connectivity index (χ1v) is 18.6. The minimum absolute atomic E-state index is 1.11. The molecule has 0 atom stereocenters. The molecule has 1 nitrogen and oxygen atoms in total. The van der Waals surface area contributed by atoms with Gasteiger partial charge in [0.25, 0.3) is 0 Å². The van der Waals surface area contributed by atoms with Gasteiger partial charge in [-0.2, -0.15) is 0 Å². The first kappa shape index (κ1) is 30.4. The molecular formula is C50H33NS. The molecule has 10 rings (SSSR count). The number of benzene rings is 9. The van der Waals surface area contributed by atoms with Gasteiger partial charge in [0.15, 0.2) is 0 Å². The largest absolute Gasteiger partial charge is 0.310 e. The van der Waals surface area contributed by atoms with Gasteiger partial charge in [0.1, 0.15) is 0 Å². The quantitative estimate of drug-likeness (QED) is 0.169. The van der Waals surface area contributed by atoms with Crippen molar-refractivity contribution in [1.82, 2.24) is 0 Å². The van der Waals surface area contributed by atoms with Crippen molar-refractivity contribution >= 4 is 70.1 Å². The Kier molecular flexibility index (Phi) is 7.41. The van der Waals surface area contributed by atoms with Crippen molar-refractivity contribution in [2.75, 3.05) is 4.90 Å². The SMILES string of the molecule is c1ccc(-c2cccc(N(c3ccc4c(c3)sc3ccccc34)c3cccc(-c4cccc5ccccc45)c3-c3cccc4ccccc34)c2)cc1. The minimum atomic E-state index is 1.11. The van der Waals surface area contributed by atoms with Crippen LogP contribution in [0.4, 0.5) is 17.1 Å². The van der Waals surface area contributed by atoms with E-state index in [9.17, 15) is 0 Å². The molecule has 1 aromatic heterocycles. The van der Waals surface area contributed by atoms with Gasteiger partial charge in [0.05, 0.1) is 5.69 Å². The molecule has 0 amide bonds. The van der Waals surface area contributed by atoms with E-state index in [1.807, 2.05) is 11.3 Å². The van der Waals surface area contributed by atoms with Crippen LogP contribution in [0, 0.1) is 0 Å². The van der Waals surface area contributed by atoms with Gasteiger partial charge in [0.2, 0.25) is 0 Å². The van der Waals surface area contributed by atoms with E-state index in [1.54, 1.807) is 0 Å². The summed E-state index contributed by atoms with van der Waals surface area (Å²) < 4.78 is 2.58. The monoisotopic (exact) mass is 679 g/mol. The van der Waals surface area contributed by atoms with Gasteiger partial charge in [-0.15, -0.1) is 11.3 Å². The van der Waals surface area contributed by atoms with Crippen molar-refractivity contribution < 1.29 is 0 Å². The average Bonchev–Trinajstić information content (AvgIpc) is 3.59. The molecule has 0 aliphatic heterocycles. The zero-order valence-corrected chi connectivity index (χ0v) is 29.2. The second-order valence-electron chi connectivity index (χ2n) is 13.3. The van der Waals surface area contributed by atoms with Crippen LogP contribution in [-0.2, 0) is 0 Å². The van der Waals surface area contributed by atoms with Crippen LogP contribution in [0.5, 0.6) is 0 Å². The van der Waals surface area contributed by atoms with E-state index >= 15 is 0 Å². The van der Waals surface area contributed by atoms with E-state index in [1.165, 1.54) is 75.1 Å². The molecule has 0 spiro atoms. The maximum atomic E-state index is 2.47. The fourth-order valence-electron chi connectivity index (χ4n) is 7.87. The molecule has 244 valence electrons. The van der Waals surface area contributed by atoms with Gasteiger partial charge in [-0.1, -0.05) is 164 Å². The zero-order valence-electron chi connectivity index (χ0n) is 28.4. The lowest BCUT2D eigenvalue weighted by molar-refractivity contribution is 1.29. The molecule has 0 bridgehead atoms. The van der Waals surface area contributed by atoms with Gasteiger partial charge in [0, 0.05) is 37.1 Å². The second-order valence-corrected chi connectivity index (χ2v) is 14.4. The highest BCUT2D eigenvalue weighted by molar-refractivity contribution is 7.25. The highest BCUT2D eigenvalue weighted by Gasteiger charge is 2.23. The average molecular weight is 680 g/mol. The normalized spacial score (nSPS) is 11.5. The van der Waals surface area contributed by atoms with E-state index < -0.39 is 0 Å². The van der Waals surface area contributed by atoms with Gasteiger partial charge in [-0.05, 0) is 85.8 Å². The Morgan fingerprint density at radius 3 is 1.69 bits per heavy atom. The van der Waals surface area contributed by atoms with E-state index in [-0.39, 0.29) is 0 Å². The summed E-state index contributed by atoms with van der Waals surface area (Å²) >= 11 is 1.86. The standard InChI is InChI=1S/C50H33NS/c1-2-14-34(15-3-1)37-20-10-21-38(32-37)51(39-30-31-44-43-24-8-9-29-48(43)52-49(44)33-39)47-28-13-27-46(42-25-11-18-35-16-4-6-22-40(35)42)50(47)45-26-12-19-36-17-5-7-23-41(36)45/h1-33H. The third-order valence-corrected chi connectivity index (χ3v) is 11.4. The molecule has 2 heteroatoms. The van der Waals surface area contributed by atoms with Gasteiger partial charge >= 0.3 is 0 Å². The molecule has 9 aromatic carbocycles. The number of nitrogens with zero attached hydrogens (tertiary/aromatic N) is 1. The van der Waals surface area contributed by atoms with Crippen molar-refractivity contribution in [1.29, 1.82) is 0 Å². The third kappa shape index (κ3) is 5.16. The highest BCUT2D eigenvalue weighted by Crippen LogP contribution is 2.49. The number of rotatable bonds is 6. The molecular weight excluding hydrogens is 647 g/mol. The molecule has 0 radical (unpaired) electrons. The molecule has 10 aromatic rings. The lowest BCUT2D eigenvalue weighted by Gasteiger charge is -2.30. The zero-order chi connectivity index (χ0) is 34.4. The van der Waals surface area contributed by atoms with Crippen LogP contribution < -0.4 is 4.90 Å². The smallest absolute Gasteiger partial charge is 0.0546 e. The van der Waals surface area contributed by atoms with E-state index in [2.05, 4.69) is 205 Å². The van der Waals surface area contributed by atoms with Crippen LogP contribution >= 0.6 is 11.3 Å². The lowest BCUT2D eigenvalue weighted by atomic mass is 9.87. The summed E-state index contributed by atoms with van der Waals surface area (Å²) in [6.45, 7) is 0. The van der Waals surface area contributed by atoms with Crippen molar-refractivity contribution in [3.05, 3.63) is 200 Å². The molecule has 0 saturated carbocycles. The Hall–Kier alpha value is -6.48. The van der Waals surface area contributed by atoms with Crippen LogP contribution in [0.25, 0.3) is 75.1 Å². The number of hydrogen-bond acceptors (Lipinski definition) is 2. The van der Waals surface area contributed by atoms with E-state index in [0.29, 0.717) is 0 Å². The van der Waals surface area contributed by atoms with Gasteiger partial charge < -0.3 is 4.90 Å². The highest BCUT2D eigenvalue weighted by atomic mass is 32.1. The van der Waals surface area contributed by atoms with Crippen molar-refractivity contribution in [3.8, 4) is 33.4 Å². The number of fused-ring (bicyclic) bond motifs is 5. The predicted octanol–water partition coefficient (Wildman–Crippen LogP) is 14.8. The minimum Gasteiger partial charge on any atom is -0.310 e. The number of hydrogen-bond donors (Lipinski definition) is 0.